The van der Waals surface area contributed by atoms with Crippen molar-refractivity contribution in [3.63, 3.8) is 0 Å². The number of hydrogen-bond donors (Lipinski definition) is 0. The van der Waals surface area contributed by atoms with E-state index in [-0.39, 0.29) is 1.43 Å². The van der Waals surface area contributed by atoms with E-state index in [2.05, 4.69) is 13.8 Å². The molecule has 0 amide bonds. The molecule has 0 aromatic rings. The molecule has 0 rings (SSSR count). The third kappa shape index (κ3) is 5.96. The normalized spacial score (nSPS) is 9.43. The Morgan fingerprint density at radius 1 is 1.14 bits per heavy atom. The predicted octanol–water partition coefficient (Wildman–Crippen LogP) is 2.07. The first-order chi connectivity index (χ1) is 3.41. The predicted molar refractivity (Wildman–Crippen MR) is 33.5 cm³/mol. The third-order valence-electron chi connectivity index (χ3n) is 0.697. The maximum atomic E-state index is 5.13. The van der Waals surface area contributed by atoms with E-state index >= 15 is 0 Å². The molecule has 1 nitrogen and oxygen atoms in total. The van der Waals surface area contributed by atoms with Gasteiger partial charge in [0, 0.05) is 14.6 Å². The van der Waals surface area contributed by atoms with Crippen molar-refractivity contribution in [2.75, 3.05) is 13.2 Å². The van der Waals surface area contributed by atoms with Crippen LogP contribution in [0.2, 0.25) is 0 Å². The molecule has 46 valence electrons. The lowest BCUT2D eigenvalue weighted by Crippen LogP contribution is -1.92. The molecular formula is C6H16O. The Hall–Kier alpha value is -0.0400. The first-order valence-corrected chi connectivity index (χ1v) is 2.99. The second kappa shape index (κ2) is 5.96. The molecule has 0 aliphatic rings. The molecule has 0 aliphatic heterocycles. The summed E-state index contributed by atoms with van der Waals surface area (Å²) < 4.78 is 5.13. The molecule has 0 aromatic carbocycles. The summed E-state index contributed by atoms with van der Waals surface area (Å²) in [6.45, 7) is 6.09. The van der Waals surface area contributed by atoms with Crippen LogP contribution in [0.4, 0.5) is 0 Å². The fourth-order valence-corrected chi connectivity index (χ4v) is 0.391. The van der Waals surface area contributed by atoms with Crippen LogP contribution in [0.15, 0.2) is 0 Å². The summed E-state index contributed by atoms with van der Waals surface area (Å²) in [6, 6.07) is 0. The summed E-state index contributed by atoms with van der Waals surface area (Å²) in [5.74, 6) is 0. The highest BCUT2D eigenvalue weighted by Gasteiger charge is 1.77. The maximum Gasteiger partial charge on any atom is 0.0463 e. The van der Waals surface area contributed by atoms with Crippen molar-refractivity contribution in [2.45, 2.75) is 26.7 Å². The van der Waals surface area contributed by atoms with E-state index in [1.54, 1.807) is 0 Å². The highest BCUT2D eigenvalue weighted by molar-refractivity contribution is 4.25. The van der Waals surface area contributed by atoms with Crippen molar-refractivity contribution in [3.05, 3.63) is 0 Å². The van der Waals surface area contributed by atoms with E-state index in [1.165, 1.54) is 0 Å². The van der Waals surface area contributed by atoms with E-state index < -0.39 is 0 Å². The molecule has 0 saturated carbocycles. The molecule has 1 heteroatoms. The van der Waals surface area contributed by atoms with E-state index in [0.29, 0.717) is 0 Å². The molecule has 0 N–H and O–H groups in total. The van der Waals surface area contributed by atoms with Gasteiger partial charge in [-0.25, -0.2) is 0 Å². The zero-order chi connectivity index (χ0) is 5.54. The quantitative estimate of drug-likeness (QED) is 0.496. The average Bonchev–Trinajstić information content (AvgIpc) is 1.69. The van der Waals surface area contributed by atoms with Crippen LogP contribution >= 0.6 is 0 Å². The third-order valence-corrected chi connectivity index (χ3v) is 0.697. The van der Waals surface area contributed by atoms with Crippen LogP contribution in [-0.4, -0.2) is 13.2 Å². The summed E-state index contributed by atoms with van der Waals surface area (Å²) >= 11 is 0. The second-order valence-corrected chi connectivity index (χ2v) is 1.61. The number of ether oxygens (including phenoxy) is 1. The summed E-state index contributed by atoms with van der Waals surface area (Å²) in [6.07, 6.45) is 2.28. The van der Waals surface area contributed by atoms with Gasteiger partial charge in [-0.1, -0.05) is 13.8 Å². The van der Waals surface area contributed by atoms with Gasteiger partial charge in [0.2, 0.25) is 0 Å². The standard InChI is InChI=1S/C6H14O.H2/c1-3-5-7-6-4-2;/h3-6H2,1-2H3;1H. The summed E-state index contributed by atoms with van der Waals surface area (Å²) in [4.78, 5) is 0. The Morgan fingerprint density at radius 3 is 1.86 bits per heavy atom. The molecule has 0 atom stereocenters. The molecular weight excluding hydrogens is 88.1 g/mol. The van der Waals surface area contributed by atoms with Gasteiger partial charge in [-0.15, -0.1) is 0 Å². The first kappa shape index (κ1) is 6.96. The van der Waals surface area contributed by atoms with Gasteiger partial charge in [0.15, 0.2) is 0 Å². The van der Waals surface area contributed by atoms with Crippen LogP contribution in [-0.2, 0) is 4.74 Å². The van der Waals surface area contributed by atoms with Gasteiger partial charge in [-0.3, -0.25) is 0 Å². The van der Waals surface area contributed by atoms with Crippen LogP contribution in [0.25, 0.3) is 0 Å². The number of hydrogen-bond acceptors (Lipinski definition) is 1. The van der Waals surface area contributed by atoms with Crippen LogP contribution < -0.4 is 0 Å². The van der Waals surface area contributed by atoms with Crippen LogP contribution in [0.5, 0.6) is 0 Å². The van der Waals surface area contributed by atoms with Crippen molar-refractivity contribution in [1.29, 1.82) is 0 Å². The molecule has 0 unspecified atom stereocenters. The van der Waals surface area contributed by atoms with Gasteiger partial charge in [0.05, 0.1) is 0 Å². The average molecular weight is 104 g/mol. The smallest absolute Gasteiger partial charge is 0.0463 e. The highest BCUT2D eigenvalue weighted by Crippen LogP contribution is 1.81. The fraction of sp³-hybridized carbons (Fsp3) is 1.00. The molecule has 0 fully saturated rings. The van der Waals surface area contributed by atoms with E-state index in [4.69, 9.17) is 4.74 Å². The summed E-state index contributed by atoms with van der Waals surface area (Å²) in [7, 11) is 0. The Bertz CT molecular complexity index is 27.7. The summed E-state index contributed by atoms with van der Waals surface area (Å²) in [5, 5.41) is 0. The molecule has 7 heavy (non-hydrogen) atoms. The van der Waals surface area contributed by atoms with Crippen molar-refractivity contribution in [2.24, 2.45) is 0 Å². The lowest BCUT2D eigenvalue weighted by Gasteiger charge is -1.95. The van der Waals surface area contributed by atoms with Gasteiger partial charge in [-0.2, -0.15) is 0 Å². The van der Waals surface area contributed by atoms with Gasteiger partial charge in [0.1, 0.15) is 0 Å². The minimum Gasteiger partial charge on any atom is -0.381 e. The first-order valence-electron chi connectivity index (χ1n) is 2.99. The van der Waals surface area contributed by atoms with E-state index in [9.17, 15) is 0 Å². The zero-order valence-electron chi connectivity index (χ0n) is 5.24. The zero-order valence-corrected chi connectivity index (χ0v) is 5.24. The van der Waals surface area contributed by atoms with Gasteiger partial charge in [0.25, 0.3) is 0 Å². The molecule has 0 heterocycles. The molecule has 0 aromatic heterocycles. The van der Waals surface area contributed by atoms with E-state index in [1.807, 2.05) is 0 Å². The minimum absolute atomic E-state index is 0. The second-order valence-electron chi connectivity index (χ2n) is 1.61. The topological polar surface area (TPSA) is 9.23 Å². The molecule has 0 aliphatic carbocycles. The van der Waals surface area contributed by atoms with Crippen LogP contribution in [0, 0.1) is 0 Å². The Balaban J connectivity index is 0. The summed E-state index contributed by atoms with van der Waals surface area (Å²) in [5.41, 5.74) is 0. The van der Waals surface area contributed by atoms with Crippen LogP contribution in [0.3, 0.4) is 0 Å². The monoisotopic (exact) mass is 104 g/mol. The lowest BCUT2D eigenvalue weighted by atomic mass is 10.5. The Morgan fingerprint density at radius 2 is 1.57 bits per heavy atom. The Kier molecular flexibility index (Phi) is 5.93. The highest BCUT2D eigenvalue weighted by atomic mass is 16.5. The van der Waals surface area contributed by atoms with Crippen LogP contribution in [0.1, 0.15) is 28.1 Å². The number of rotatable bonds is 4. The molecule has 0 radical (unpaired) electrons. The van der Waals surface area contributed by atoms with E-state index in [0.717, 1.165) is 26.1 Å². The molecule has 0 spiro atoms. The lowest BCUT2D eigenvalue weighted by molar-refractivity contribution is 0.135. The van der Waals surface area contributed by atoms with Gasteiger partial charge in [-0.05, 0) is 12.8 Å². The van der Waals surface area contributed by atoms with Crippen molar-refractivity contribution >= 4 is 0 Å². The van der Waals surface area contributed by atoms with Crippen molar-refractivity contribution in [1.82, 2.24) is 0 Å². The fourth-order valence-electron chi connectivity index (χ4n) is 0.391. The maximum absolute atomic E-state index is 5.13. The minimum atomic E-state index is 0. The van der Waals surface area contributed by atoms with Crippen molar-refractivity contribution < 1.29 is 6.16 Å². The molecule has 0 saturated heterocycles. The SMILES string of the molecule is CCCOCCC.[HH]. The Labute approximate surface area is 47.2 Å². The van der Waals surface area contributed by atoms with Gasteiger partial charge < -0.3 is 4.74 Å². The molecule has 0 bridgehead atoms. The van der Waals surface area contributed by atoms with Crippen molar-refractivity contribution in [3.8, 4) is 0 Å². The van der Waals surface area contributed by atoms with Gasteiger partial charge >= 0.3 is 0 Å². The largest absolute Gasteiger partial charge is 0.381 e.